The number of nitrogens with two attached hydrogens (primary N) is 1. The van der Waals surface area contributed by atoms with Crippen LogP contribution in [0.5, 0.6) is 5.75 Å². The van der Waals surface area contributed by atoms with Gasteiger partial charge in [0, 0.05) is 6.04 Å². The molecule has 2 N–H and O–H groups in total. The lowest BCUT2D eigenvalue weighted by atomic mass is 10.0. The fourth-order valence-electron chi connectivity index (χ4n) is 1.38. The summed E-state index contributed by atoms with van der Waals surface area (Å²) in [7, 11) is 0. The van der Waals surface area contributed by atoms with Crippen molar-refractivity contribution in [3.05, 3.63) is 29.8 Å². The van der Waals surface area contributed by atoms with E-state index >= 15 is 0 Å². The summed E-state index contributed by atoms with van der Waals surface area (Å²) in [5, 5.41) is 0. The Hall–Kier alpha value is -1.30. The van der Waals surface area contributed by atoms with Crippen molar-refractivity contribution in [1.29, 1.82) is 0 Å². The highest BCUT2D eigenvalue weighted by Crippen LogP contribution is 2.28. The average molecular weight is 265 g/mol. The highest BCUT2D eigenvalue weighted by atomic mass is 19.3. The number of rotatable bonds is 6. The molecule has 1 rings (SSSR count). The molecule has 0 amide bonds. The van der Waals surface area contributed by atoms with E-state index in [1.165, 1.54) is 18.2 Å². The van der Waals surface area contributed by atoms with Gasteiger partial charge in [0.15, 0.2) is 0 Å². The van der Waals surface area contributed by atoms with Gasteiger partial charge in [-0.3, -0.25) is 0 Å². The Morgan fingerprint density at radius 2 is 2.00 bits per heavy atom. The van der Waals surface area contributed by atoms with Crippen LogP contribution in [0, 0.1) is 0 Å². The van der Waals surface area contributed by atoms with Crippen molar-refractivity contribution >= 4 is 0 Å². The molecule has 1 unspecified atom stereocenters. The van der Waals surface area contributed by atoms with Crippen molar-refractivity contribution in [3.8, 4) is 5.75 Å². The van der Waals surface area contributed by atoms with Gasteiger partial charge in [-0.05, 0) is 30.5 Å². The number of hydrogen-bond acceptors (Lipinski definition) is 2. The Morgan fingerprint density at radius 3 is 2.56 bits per heavy atom. The molecule has 0 fully saturated rings. The maximum absolute atomic E-state index is 12.7. The fraction of sp³-hybridized carbons (Fsp3) is 0.500. The summed E-state index contributed by atoms with van der Waals surface area (Å²) in [6.07, 6.45) is -7.13. The van der Waals surface area contributed by atoms with Gasteiger partial charge in [0.1, 0.15) is 5.75 Å². The second-order valence-electron chi connectivity index (χ2n) is 3.98. The number of hydrogen-bond donors (Lipinski definition) is 1. The second kappa shape index (κ2) is 6.04. The predicted molar refractivity (Wildman–Crippen MR) is 60.0 cm³/mol. The van der Waals surface area contributed by atoms with E-state index in [1.54, 1.807) is 6.07 Å². The first-order valence-corrected chi connectivity index (χ1v) is 5.54. The van der Waals surface area contributed by atoms with Crippen LogP contribution in [-0.2, 0) is 6.42 Å². The zero-order valence-corrected chi connectivity index (χ0v) is 9.88. The predicted octanol–water partition coefficient (Wildman–Crippen LogP) is 3.20. The van der Waals surface area contributed by atoms with Crippen molar-refractivity contribution in [2.24, 2.45) is 5.73 Å². The van der Waals surface area contributed by atoms with Crippen LogP contribution in [0.25, 0.3) is 0 Å². The van der Waals surface area contributed by atoms with Crippen LogP contribution in [-0.4, -0.2) is 18.6 Å². The molecule has 1 aromatic rings. The molecule has 2 nitrogen and oxygen atoms in total. The maximum Gasteiger partial charge on any atom is 0.461 e. The molecule has 0 aromatic heterocycles. The van der Waals surface area contributed by atoms with Gasteiger partial charge in [-0.1, -0.05) is 19.1 Å². The van der Waals surface area contributed by atoms with E-state index in [9.17, 15) is 17.6 Å². The molecule has 0 aliphatic carbocycles. The summed E-state index contributed by atoms with van der Waals surface area (Å²) < 4.78 is 53.3. The van der Waals surface area contributed by atoms with Crippen molar-refractivity contribution in [3.63, 3.8) is 0 Å². The molecule has 18 heavy (non-hydrogen) atoms. The summed E-state index contributed by atoms with van der Waals surface area (Å²) in [5.74, 6) is -0.291. The topological polar surface area (TPSA) is 35.2 Å². The molecule has 6 heteroatoms. The fourth-order valence-corrected chi connectivity index (χ4v) is 1.38. The Bertz CT molecular complexity index is 384. The SMILES string of the molecule is CCC(N)Cc1cccc(OC(F)(F)C(F)F)c1. The zero-order chi connectivity index (χ0) is 13.8. The van der Waals surface area contributed by atoms with Gasteiger partial charge in [-0.25, -0.2) is 0 Å². The number of halogens is 4. The first-order chi connectivity index (χ1) is 8.35. The van der Waals surface area contributed by atoms with Crippen molar-refractivity contribution < 1.29 is 22.3 Å². The molecule has 0 bridgehead atoms. The minimum Gasteiger partial charge on any atom is -0.428 e. The van der Waals surface area contributed by atoms with Crippen molar-refractivity contribution in [2.45, 2.75) is 38.3 Å². The number of alkyl halides is 4. The van der Waals surface area contributed by atoms with Gasteiger partial charge in [0.25, 0.3) is 0 Å². The van der Waals surface area contributed by atoms with Crippen LogP contribution >= 0.6 is 0 Å². The van der Waals surface area contributed by atoms with Gasteiger partial charge in [-0.15, -0.1) is 0 Å². The standard InChI is InChI=1S/C12H15F4NO/c1-2-9(17)6-8-4-3-5-10(7-8)18-12(15,16)11(13)14/h3-5,7,9,11H,2,6,17H2,1H3. The molecule has 0 aliphatic heterocycles. The van der Waals surface area contributed by atoms with Gasteiger partial charge < -0.3 is 10.5 Å². The quantitative estimate of drug-likeness (QED) is 0.802. The van der Waals surface area contributed by atoms with E-state index in [0.717, 1.165) is 6.42 Å². The number of ether oxygens (including phenoxy) is 1. The molecule has 0 saturated heterocycles. The van der Waals surface area contributed by atoms with E-state index < -0.39 is 12.5 Å². The summed E-state index contributed by atoms with van der Waals surface area (Å²) >= 11 is 0. The molecule has 0 radical (unpaired) electrons. The van der Waals surface area contributed by atoms with Crippen LogP contribution in [0.2, 0.25) is 0 Å². The molecular weight excluding hydrogens is 250 g/mol. The average Bonchev–Trinajstić information content (AvgIpc) is 2.28. The first kappa shape index (κ1) is 14.8. The Balaban J connectivity index is 2.76. The lowest BCUT2D eigenvalue weighted by Crippen LogP contribution is -2.33. The molecular formula is C12H15F4NO. The summed E-state index contributed by atoms with van der Waals surface area (Å²) in [4.78, 5) is 0. The zero-order valence-electron chi connectivity index (χ0n) is 9.88. The minimum atomic E-state index is -4.48. The maximum atomic E-state index is 12.7. The first-order valence-electron chi connectivity index (χ1n) is 5.54. The van der Waals surface area contributed by atoms with Crippen LogP contribution in [0.4, 0.5) is 17.6 Å². The summed E-state index contributed by atoms with van der Waals surface area (Å²) in [6.45, 7) is 1.90. The van der Waals surface area contributed by atoms with Crippen molar-refractivity contribution in [2.75, 3.05) is 0 Å². The smallest absolute Gasteiger partial charge is 0.428 e. The van der Waals surface area contributed by atoms with Gasteiger partial charge in [-0.2, -0.15) is 17.6 Å². The third kappa shape index (κ3) is 4.18. The lowest BCUT2D eigenvalue weighted by Gasteiger charge is -2.17. The van der Waals surface area contributed by atoms with Crippen LogP contribution in [0.1, 0.15) is 18.9 Å². The normalized spacial score (nSPS) is 13.7. The highest BCUT2D eigenvalue weighted by Gasteiger charge is 2.43. The second-order valence-corrected chi connectivity index (χ2v) is 3.98. The Morgan fingerprint density at radius 1 is 1.33 bits per heavy atom. The van der Waals surface area contributed by atoms with Gasteiger partial charge in [0.05, 0.1) is 0 Å². The third-order valence-corrected chi connectivity index (χ3v) is 2.43. The Labute approximate surface area is 103 Å². The summed E-state index contributed by atoms with van der Waals surface area (Å²) in [6, 6.07) is 5.55. The van der Waals surface area contributed by atoms with Crippen LogP contribution in [0.3, 0.4) is 0 Å². The van der Waals surface area contributed by atoms with E-state index in [0.29, 0.717) is 12.0 Å². The molecule has 0 spiro atoms. The Kier molecular flexibility index (Phi) is 4.95. The van der Waals surface area contributed by atoms with E-state index in [-0.39, 0.29) is 11.8 Å². The van der Waals surface area contributed by atoms with Crippen molar-refractivity contribution in [1.82, 2.24) is 0 Å². The third-order valence-electron chi connectivity index (χ3n) is 2.43. The van der Waals surface area contributed by atoms with E-state index in [1.807, 2.05) is 6.92 Å². The molecule has 102 valence electrons. The molecule has 0 aliphatic rings. The molecule has 1 aromatic carbocycles. The molecule has 1 atom stereocenters. The minimum absolute atomic E-state index is 0.101. The van der Waals surface area contributed by atoms with Gasteiger partial charge >= 0.3 is 12.5 Å². The molecule has 0 saturated carbocycles. The van der Waals surface area contributed by atoms with E-state index in [4.69, 9.17) is 5.73 Å². The summed E-state index contributed by atoms with van der Waals surface area (Å²) in [5.41, 5.74) is 6.39. The molecule has 0 heterocycles. The number of benzene rings is 1. The van der Waals surface area contributed by atoms with Gasteiger partial charge in [0.2, 0.25) is 0 Å². The van der Waals surface area contributed by atoms with Crippen LogP contribution < -0.4 is 10.5 Å². The lowest BCUT2D eigenvalue weighted by molar-refractivity contribution is -0.253. The monoisotopic (exact) mass is 265 g/mol. The largest absolute Gasteiger partial charge is 0.461 e. The van der Waals surface area contributed by atoms with E-state index in [2.05, 4.69) is 4.74 Å². The van der Waals surface area contributed by atoms with Crippen LogP contribution in [0.15, 0.2) is 24.3 Å². The highest BCUT2D eigenvalue weighted by molar-refractivity contribution is 5.29.